The molecule has 0 radical (unpaired) electrons. The number of hydrogen-bond acceptors (Lipinski definition) is 9. The number of nitrogens with one attached hydrogen (secondary N) is 2. The van der Waals surface area contributed by atoms with Gasteiger partial charge in [-0.25, -0.2) is 9.78 Å². The molecular weight excluding hydrogens is 718 g/mol. The zero-order chi connectivity index (χ0) is 36.1. The molecule has 3 N–H and O–H groups in total. The molecule has 5 aromatic rings. The number of anilines is 1. The molecule has 7 rings (SSSR count). The van der Waals surface area contributed by atoms with Gasteiger partial charge in [-0.2, -0.15) is 0 Å². The van der Waals surface area contributed by atoms with Gasteiger partial charge in [0.2, 0.25) is 0 Å². The summed E-state index contributed by atoms with van der Waals surface area (Å²) in [6, 6.07) is 38.6. The Bertz CT molecular complexity index is 2030. The van der Waals surface area contributed by atoms with Crippen molar-refractivity contribution >= 4 is 63.3 Å². The number of carboxylic acids is 1. The van der Waals surface area contributed by atoms with E-state index in [9.17, 15) is 19.5 Å². The van der Waals surface area contributed by atoms with Gasteiger partial charge in [-0.15, -0.1) is 34.7 Å². The summed E-state index contributed by atoms with van der Waals surface area (Å²) in [6.45, 7) is 0.0918. The zero-order valence-electron chi connectivity index (χ0n) is 27.5. The first kappa shape index (κ1) is 35.0. The number of carbonyl (C=O) groups excluding carboxylic acids is 2. The number of β-lactam (4-membered cyclic amide) rings is 1. The standard InChI is InChI=1S/C39H32ClN5O5S2/c40-21-26-23-51-36-32(35(47)45(36)33(26)37(48)49)42-34(46)31(44-50-22-25-13-5-1-6-14-25)30-24-52-38(41-30)43-39(27-15-7-2-8-16-27,28-17-9-3-10-18-28)29-19-11-4-12-20-29/h1-20,24,32,36H,21-23H2,(H,41,43)(H,42,46)(H,48,49)/t32-,36+/m1/s1. The monoisotopic (exact) mass is 749 g/mol. The normalized spacial score (nSPS) is 17.2. The van der Waals surface area contributed by atoms with Gasteiger partial charge in [0.05, 0.1) is 0 Å². The number of rotatable bonds is 13. The van der Waals surface area contributed by atoms with Crippen LogP contribution in [0.3, 0.4) is 0 Å². The van der Waals surface area contributed by atoms with Crippen LogP contribution in [-0.2, 0) is 31.4 Å². The number of carbonyl (C=O) groups is 3. The minimum atomic E-state index is -1.24. The van der Waals surface area contributed by atoms with Crippen LogP contribution in [0.5, 0.6) is 0 Å². The van der Waals surface area contributed by atoms with Gasteiger partial charge in [0.15, 0.2) is 10.8 Å². The maximum atomic E-state index is 14.0. The lowest BCUT2D eigenvalue weighted by molar-refractivity contribution is -0.150. The second-order valence-corrected chi connectivity index (χ2v) is 14.2. The molecule has 52 heavy (non-hydrogen) atoms. The molecule has 1 saturated heterocycles. The smallest absolute Gasteiger partial charge is 0.352 e. The summed E-state index contributed by atoms with van der Waals surface area (Å²) in [4.78, 5) is 51.1. The predicted octanol–water partition coefficient (Wildman–Crippen LogP) is 6.45. The molecule has 2 aliphatic heterocycles. The molecular formula is C39H32ClN5O5S2. The maximum absolute atomic E-state index is 14.0. The molecule has 2 aliphatic rings. The van der Waals surface area contributed by atoms with Gasteiger partial charge < -0.3 is 20.6 Å². The van der Waals surface area contributed by atoms with Crippen LogP contribution in [0.25, 0.3) is 0 Å². The number of alkyl halides is 1. The van der Waals surface area contributed by atoms with E-state index in [-0.39, 0.29) is 29.6 Å². The minimum absolute atomic E-state index is 0.0159. The minimum Gasteiger partial charge on any atom is -0.477 e. The van der Waals surface area contributed by atoms with E-state index < -0.39 is 34.7 Å². The summed E-state index contributed by atoms with van der Waals surface area (Å²) >= 11 is 8.63. The topological polar surface area (TPSA) is 133 Å². The van der Waals surface area contributed by atoms with Crippen LogP contribution >= 0.6 is 34.7 Å². The molecule has 10 nitrogen and oxygen atoms in total. The summed E-state index contributed by atoms with van der Waals surface area (Å²) in [6.07, 6.45) is 0. The molecule has 0 unspecified atom stereocenters. The highest BCUT2D eigenvalue weighted by molar-refractivity contribution is 8.00. The van der Waals surface area contributed by atoms with E-state index >= 15 is 0 Å². The molecule has 1 aromatic heterocycles. The van der Waals surface area contributed by atoms with Crippen LogP contribution in [0.1, 0.15) is 27.9 Å². The molecule has 2 atom stereocenters. The second-order valence-electron chi connectivity index (χ2n) is 12.0. The first-order chi connectivity index (χ1) is 25.4. The van der Waals surface area contributed by atoms with E-state index in [1.165, 1.54) is 28.0 Å². The number of nitrogens with zero attached hydrogens (tertiary/aromatic N) is 3. The van der Waals surface area contributed by atoms with Crippen LogP contribution in [0.2, 0.25) is 0 Å². The maximum Gasteiger partial charge on any atom is 0.352 e. The largest absolute Gasteiger partial charge is 0.477 e. The van der Waals surface area contributed by atoms with E-state index in [2.05, 4.69) is 52.2 Å². The number of oxime groups is 1. The quantitative estimate of drug-likeness (QED) is 0.0412. The van der Waals surface area contributed by atoms with Gasteiger partial charge in [0, 0.05) is 17.0 Å². The zero-order valence-corrected chi connectivity index (χ0v) is 29.9. The Balaban J connectivity index is 1.22. The van der Waals surface area contributed by atoms with E-state index in [1.54, 1.807) is 5.38 Å². The van der Waals surface area contributed by atoms with Crippen molar-refractivity contribution in [3.63, 3.8) is 0 Å². The van der Waals surface area contributed by atoms with E-state index in [0.29, 0.717) is 16.5 Å². The van der Waals surface area contributed by atoms with Gasteiger partial charge in [-0.05, 0) is 27.8 Å². The van der Waals surface area contributed by atoms with Crippen LogP contribution in [-0.4, -0.2) is 61.5 Å². The van der Waals surface area contributed by atoms with E-state index in [0.717, 1.165) is 22.3 Å². The molecule has 0 spiro atoms. The van der Waals surface area contributed by atoms with Gasteiger partial charge >= 0.3 is 5.97 Å². The Labute approximate surface area is 313 Å². The van der Waals surface area contributed by atoms with Crippen molar-refractivity contribution in [3.8, 4) is 0 Å². The number of thiazole rings is 1. The molecule has 4 aromatic carbocycles. The first-order valence-electron chi connectivity index (χ1n) is 16.3. The highest BCUT2D eigenvalue weighted by Gasteiger charge is 2.54. The van der Waals surface area contributed by atoms with Crippen LogP contribution in [0.15, 0.2) is 143 Å². The first-order valence-corrected chi connectivity index (χ1v) is 18.8. The number of carboxylic acid groups (broad SMARTS) is 1. The number of hydrogen-bond donors (Lipinski definition) is 3. The Morgan fingerprint density at radius 2 is 1.46 bits per heavy atom. The van der Waals surface area contributed by atoms with Crippen molar-refractivity contribution in [3.05, 3.63) is 166 Å². The van der Waals surface area contributed by atoms with Gasteiger partial charge in [-0.1, -0.05) is 126 Å². The van der Waals surface area contributed by atoms with Crippen molar-refractivity contribution in [2.24, 2.45) is 5.16 Å². The molecule has 3 heterocycles. The molecule has 0 bridgehead atoms. The summed E-state index contributed by atoms with van der Waals surface area (Å²) in [7, 11) is 0. The van der Waals surface area contributed by atoms with Crippen molar-refractivity contribution in [1.82, 2.24) is 15.2 Å². The molecule has 1 fully saturated rings. The number of aromatic nitrogens is 1. The Kier molecular flexibility index (Phi) is 10.4. The highest BCUT2D eigenvalue weighted by Crippen LogP contribution is 2.42. The molecule has 0 saturated carbocycles. The third-order valence-electron chi connectivity index (χ3n) is 8.80. The Morgan fingerprint density at radius 3 is 2.00 bits per heavy atom. The van der Waals surface area contributed by atoms with Crippen molar-refractivity contribution in [2.75, 3.05) is 16.9 Å². The van der Waals surface area contributed by atoms with Gasteiger partial charge in [0.1, 0.15) is 35.0 Å². The van der Waals surface area contributed by atoms with Crippen LogP contribution in [0, 0.1) is 0 Å². The lowest BCUT2D eigenvalue weighted by atomic mass is 9.77. The average Bonchev–Trinajstić information content (AvgIpc) is 3.66. The number of amides is 2. The fraction of sp³-hybridized carbons (Fsp3) is 0.154. The second kappa shape index (κ2) is 15.4. The predicted molar refractivity (Wildman–Crippen MR) is 203 cm³/mol. The fourth-order valence-corrected chi connectivity index (χ4v) is 8.76. The summed E-state index contributed by atoms with van der Waals surface area (Å²) < 4.78 is 0. The molecule has 13 heteroatoms. The number of aliphatic carboxylic acids is 1. The third kappa shape index (κ3) is 6.80. The number of fused-ring (bicyclic) bond motifs is 1. The van der Waals surface area contributed by atoms with E-state index in [1.807, 2.05) is 84.9 Å². The number of thioether (sulfide) groups is 1. The third-order valence-corrected chi connectivity index (χ3v) is 11.2. The average molecular weight is 750 g/mol. The van der Waals surface area contributed by atoms with Gasteiger partial charge in [-0.3, -0.25) is 14.5 Å². The van der Waals surface area contributed by atoms with Crippen molar-refractivity contribution in [2.45, 2.75) is 23.6 Å². The molecule has 0 aliphatic carbocycles. The highest BCUT2D eigenvalue weighted by atomic mass is 35.5. The Morgan fingerprint density at radius 1 is 0.904 bits per heavy atom. The number of benzene rings is 4. The van der Waals surface area contributed by atoms with E-state index in [4.69, 9.17) is 21.4 Å². The van der Waals surface area contributed by atoms with Crippen molar-refractivity contribution in [1.29, 1.82) is 0 Å². The summed E-state index contributed by atoms with van der Waals surface area (Å²) in [5.41, 5.74) is 3.33. The summed E-state index contributed by atoms with van der Waals surface area (Å²) in [5.74, 6) is -2.17. The summed E-state index contributed by atoms with van der Waals surface area (Å²) in [5, 5.41) is 22.2. The van der Waals surface area contributed by atoms with Crippen LogP contribution in [0.4, 0.5) is 5.13 Å². The molecule has 262 valence electrons. The number of halogens is 1. The SMILES string of the molecule is O=C(O)C1=C(CCl)CS[C@H]2[C@H](NC(=O)C(=NOCc3ccccc3)c3csc(NC(c4ccccc4)(c4ccccc4)c4ccccc4)n3)C(=O)N12. The molecule has 2 amide bonds. The van der Waals surface area contributed by atoms with Crippen LogP contribution < -0.4 is 10.6 Å². The Hall–Kier alpha value is -5.43. The lowest BCUT2D eigenvalue weighted by Gasteiger charge is -2.49. The van der Waals surface area contributed by atoms with Gasteiger partial charge in [0.25, 0.3) is 11.8 Å². The van der Waals surface area contributed by atoms with Crippen molar-refractivity contribution < 1.29 is 24.3 Å². The lowest BCUT2D eigenvalue weighted by Crippen LogP contribution is -2.71. The fourth-order valence-electron chi connectivity index (χ4n) is 6.33.